The smallest absolute Gasteiger partial charge is 0.408 e. The number of hydrogen-bond donors (Lipinski definition) is 2. The topological polar surface area (TPSA) is 83.4 Å². The largest absolute Gasteiger partial charge is 0.465 e. The molecular formula is C25H24ClN3O4. The Morgan fingerprint density at radius 2 is 2.24 bits per heavy atom. The lowest BCUT2D eigenvalue weighted by molar-refractivity contribution is 0.0679. The van der Waals surface area contributed by atoms with Gasteiger partial charge in [-0.1, -0.05) is 29.8 Å². The first-order chi connectivity index (χ1) is 16.0. The fourth-order valence-electron chi connectivity index (χ4n) is 5.47. The quantitative estimate of drug-likeness (QED) is 0.658. The summed E-state index contributed by atoms with van der Waals surface area (Å²) < 4.78 is 11.7. The molecule has 33 heavy (non-hydrogen) atoms. The molecule has 3 aliphatic heterocycles. The molecule has 6 aliphatic rings. The minimum absolute atomic E-state index is 0.0257. The highest BCUT2D eigenvalue weighted by Gasteiger charge is 2.44. The lowest BCUT2D eigenvalue weighted by Gasteiger charge is -2.34. The zero-order chi connectivity index (χ0) is 22.7. The van der Waals surface area contributed by atoms with Gasteiger partial charge in [-0.05, 0) is 36.8 Å². The third kappa shape index (κ3) is 3.38. The van der Waals surface area contributed by atoms with E-state index in [4.69, 9.17) is 26.1 Å². The maximum atomic E-state index is 11.9. The molecule has 6 rings (SSSR count). The lowest BCUT2D eigenvalue weighted by Crippen LogP contribution is -2.43. The second-order valence-electron chi connectivity index (χ2n) is 8.89. The van der Waals surface area contributed by atoms with Gasteiger partial charge in [0.2, 0.25) is 0 Å². The zero-order valence-electron chi connectivity index (χ0n) is 18.1. The molecular weight excluding hydrogens is 442 g/mol. The molecule has 2 N–H and O–H groups in total. The van der Waals surface area contributed by atoms with E-state index in [0.717, 1.165) is 22.6 Å². The normalized spacial score (nSPS) is 33.5. The summed E-state index contributed by atoms with van der Waals surface area (Å²) in [5.41, 5.74) is 4.31. The molecule has 3 heterocycles. The Morgan fingerprint density at radius 3 is 3.06 bits per heavy atom. The van der Waals surface area contributed by atoms with E-state index in [1.165, 1.54) is 10.5 Å². The molecule has 3 aliphatic carbocycles. The molecule has 8 heteroatoms. The maximum Gasteiger partial charge on any atom is 0.408 e. The highest BCUT2D eigenvalue weighted by molar-refractivity contribution is 6.31. The van der Waals surface area contributed by atoms with Crippen molar-refractivity contribution < 1.29 is 19.4 Å². The van der Waals surface area contributed by atoms with Gasteiger partial charge in [0.25, 0.3) is 0 Å². The molecule has 0 radical (unpaired) electrons. The fraction of sp³-hybridized carbons (Fsp3) is 0.360. The number of carbonyl (C=O) groups is 1. The van der Waals surface area contributed by atoms with Crippen molar-refractivity contribution in [3.63, 3.8) is 0 Å². The highest BCUT2D eigenvalue weighted by atomic mass is 35.5. The first-order valence-corrected chi connectivity index (χ1v) is 11.6. The molecule has 5 atom stereocenters. The summed E-state index contributed by atoms with van der Waals surface area (Å²) in [6.07, 6.45) is 15.8. The first-order valence-electron chi connectivity index (χ1n) is 11.3. The molecule has 0 aromatic carbocycles. The predicted octanol–water partition coefficient (Wildman–Crippen LogP) is 4.00. The van der Waals surface area contributed by atoms with Crippen molar-refractivity contribution >= 4 is 23.5 Å². The molecule has 0 spiro atoms. The third-order valence-electron chi connectivity index (χ3n) is 6.98. The number of rotatable bonds is 3. The van der Waals surface area contributed by atoms with E-state index in [0.29, 0.717) is 30.4 Å². The minimum Gasteiger partial charge on any atom is -0.465 e. The van der Waals surface area contributed by atoms with E-state index in [1.807, 2.05) is 19.1 Å². The van der Waals surface area contributed by atoms with Crippen LogP contribution in [0.5, 0.6) is 0 Å². The van der Waals surface area contributed by atoms with E-state index in [9.17, 15) is 9.90 Å². The average Bonchev–Trinajstić information content (AvgIpc) is 3.42. The van der Waals surface area contributed by atoms with Crippen LogP contribution in [-0.4, -0.2) is 53.3 Å². The van der Waals surface area contributed by atoms with Crippen molar-refractivity contribution in [2.45, 2.75) is 31.5 Å². The van der Waals surface area contributed by atoms with Crippen LogP contribution in [0.15, 0.2) is 87.0 Å². The summed E-state index contributed by atoms with van der Waals surface area (Å²) in [6.45, 7) is 2.84. The van der Waals surface area contributed by atoms with Gasteiger partial charge in [0, 0.05) is 46.7 Å². The van der Waals surface area contributed by atoms with Gasteiger partial charge in [0.05, 0.1) is 25.0 Å². The third-order valence-corrected chi connectivity index (χ3v) is 7.22. The number of amides is 1. The van der Waals surface area contributed by atoms with Crippen LogP contribution in [0.3, 0.4) is 0 Å². The Labute approximate surface area is 196 Å². The van der Waals surface area contributed by atoms with Crippen molar-refractivity contribution in [3.05, 3.63) is 82.0 Å². The number of likely N-dealkylation sites (tertiary alicyclic amines) is 1. The molecule has 7 nitrogen and oxygen atoms in total. The van der Waals surface area contributed by atoms with E-state index >= 15 is 0 Å². The summed E-state index contributed by atoms with van der Waals surface area (Å²) in [7, 11) is 0. The molecule has 1 amide bonds. The zero-order valence-corrected chi connectivity index (χ0v) is 18.8. The van der Waals surface area contributed by atoms with Crippen LogP contribution in [0, 0.1) is 11.8 Å². The standard InChI is InChI=1S/C25H24ClN3O4/c1-2-32-16-9-21(29(11-16)25(30)31)24-27-20-6-3-13-8-19-17-5-4-15(26)7-14(17)12-33-22(19)10-18(13)23(20)28-24/h3-8,10,12,16-18,21,23H,2,9,11H2,1H3,(H,27,28)(H,30,31)/t16-,17?,18?,21-,23?/m0/s1. The molecule has 3 unspecified atom stereocenters. The molecule has 170 valence electrons. The lowest BCUT2D eigenvalue weighted by atomic mass is 9.76. The number of nitrogens with zero attached hydrogens (tertiary/aromatic N) is 2. The molecule has 1 saturated heterocycles. The van der Waals surface area contributed by atoms with Crippen molar-refractivity contribution in [2.75, 3.05) is 13.2 Å². The molecule has 0 bridgehead atoms. The second-order valence-corrected chi connectivity index (χ2v) is 9.33. The van der Waals surface area contributed by atoms with Crippen LogP contribution in [0.1, 0.15) is 13.3 Å². The predicted molar refractivity (Wildman–Crippen MR) is 124 cm³/mol. The van der Waals surface area contributed by atoms with Crippen LogP contribution in [0.2, 0.25) is 0 Å². The highest BCUT2D eigenvalue weighted by Crippen LogP contribution is 2.45. The number of fused-ring (bicyclic) bond motifs is 6. The van der Waals surface area contributed by atoms with Gasteiger partial charge in [0.15, 0.2) is 0 Å². The second kappa shape index (κ2) is 7.78. The number of halogens is 1. The van der Waals surface area contributed by atoms with Gasteiger partial charge in [-0.15, -0.1) is 0 Å². The number of amidine groups is 1. The van der Waals surface area contributed by atoms with Gasteiger partial charge in [-0.25, -0.2) is 4.79 Å². The van der Waals surface area contributed by atoms with Gasteiger partial charge in [0.1, 0.15) is 17.6 Å². The van der Waals surface area contributed by atoms with E-state index < -0.39 is 6.09 Å². The van der Waals surface area contributed by atoms with Gasteiger partial charge < -0.3 is 19.9 Å². The monoisotopic (exact) mass is 465 g/mol. The molecule has 0 saturated carbocycles. The summed E-state index contributed by atoms with van der Waals surface area (Å²) in [4.78, 5) is 18.3. The molecule has 1 fully saturated rings. The SMILES string of the molecule is CCO[C@H]1C[C@@H](C2=NC3C(=CC=C4C=C5C(=CC43)OC=C3C=C(Cl)C=CC35)N2)N(C(=O)O)C1. The van der Waals surface area contributed by atoms with Gasteiger partial charge in [-0.2, -0.15) is 0 Å². The Hall–Kier alpha value is -3.03. The number of hydrogen-bond acceptors (Lipinski definition) is 5. The van der Waals surface area contributed by atoms with Crippen molar-refractivity contribution in [1.29, 1.82) is 0 Å². The van der Waals surface area contributed by atoms with Crippen molar-refractivity contribution in [2.24, 2.45) is 16.8 Å². The van der Waals surface area contributed by atoms with Crippen molar-refractivity contribution in [3.8, 4) is 0 Å². The van der Waals surface area contributed by atoms with Crippen LogP contribution in [0.25, 0.3) is 0 Å². The van der Waals surface area contributed by atoms with E-state index in [-0.39, 0.29) is 30.0 Å². The molecule has 0 aromatic rings. The Balaban J connectivity index is 1.29. The number of ether oxygens (including phenoxy) is 2. The van der Waals surface area contributed by atoms with Gasteiger partial charge in [-0.3, -0.25) is 9.89 Å². The van der Waals surface area contributed by atoms with Gasteiger partial charge >= 0.3 is 6.09 Å². The fourth-order valence-corrected chi connectivity index (χ4v) is 5.67. The average molecular weight is 466 g/mol. The Morgan fingerprint density at radius 1 is 1.36 bits per heavy atom. The Kier molecular flexibility index (Phi) is 4.85. The molecule has 0 aromatic heterocycles. The summed E-state index contributed by atoms with van der Waals surface area (Å²) in [5, 5.41) is 13.8. The van der Waals surface area contributed by atoms with Crippen molar-refractivity contribution in [1.82, 2.24) is 10.2 Å². The maximum absolute atomic E-state index is 11.9. The first kappa shape index (κ1) is 20.6. The van der Waals surface area contributed by atoms with Crippen LogP contribution < -0.4 is 5.32 Å². The summed E-state index contributed by atoms with van der Waals surface area (Å²) in [6, 6.07) is -0.464. The van der Waals surface area contributed by atoms with E-state index in [2.05, 4.69) is 35.7 Å². The number of nitrogens with one attached hydrogen (secondary N) is 1. The number of aliphatic imine (C=N–C) groups is 1. The van der Waals surface area contributed by atoms with E-state index in [1.54, 1.807) is 6.26 Å². The number of allylic oxidation sites excluding steroid dienone is 9. The van der Waals surface area contributed by atoms with Crippen LogP contribution in [-0.2, 0) is 9.47 Å². The van der Waals surface area contributed by atoms with Crippen LogP contribution >= 0.6 is 11.6 Å². The minimum atomic E-state index is -0.949. The van der Waals surface area contributed by atoms with Crippen LogP contribution in [0.4, 0.5) is 4.79 Å². The summed E-state index contributed by atoms with van der Waals surface area (Å²) >= 11 is 6.16. The summed E-state index contributed by atoms with van der Waals surface area (Å²) in [5.74, 6) is 1.69. The Bertz CT molecular complexity index is 1170. The number of carboxylic acid groups (broad SMARTS) is 1.